The zero-order chi connectivity index (χ0) is 11.1. The third-order valence-corrected chi connectivity index (χ3v) is 2.46. The molecule has 0 fully saturated rings. The first kappa shape index (κ1) is 9.30. The summed E-state index contributed by atoms with van der Waals surface area (Å²) in [5.74, 6) is 0.794. The van der Waals surface area contributed by atoms with Crippen LogP contribution in [-0.2, 0) is 0 Å². The highest BCUT2D eigenvalue weighted by Crippen LogP contribution is 2.24. The van der Waals surface area contributed by atoms with Gasteiger partial charge in [0.2, 0.25) is 0 Å². The van der Waals surface area contributed by atoms with Gasteiger partial charge in [-0.05, 0) is 35.9 Å². The maximum absolute atomic E-state index is 9.32. The van der Waals surface area contributed by atoms with E-state index in [0.717, 1.165) is 5.65 Å². The molecule has 3 heterocycles. The van der Waals surface area contributed by atoms with Crippen LogP contribution in [0.3, 0.4) is 0 Å². The predicted molar refractivity (Wildman–Crippen MR) is 59.6 cm³/mol. The summed E-state index contributed by atoms with van der Waals surface area (Å²) >= 11 is 5.69. The smallest absolute Gasteiger partial charge is 0.194 e. The standard InChI is InChI=1S/C11H7ClN2O2/c12-10-3-2-9(16-10)8-6-14-5-7(15)1-4-11(14)13-8/h1-6,15H. The number of halogens is 1. The monoisotopic (exact) mass is 234 g/mol. The van der Waals surface area contributed by atoms with Crippen LogP contribution in [-0.4, -0.2) is 14.5 Å². The van der Waals surface area contributed by atoms with Gasteiger partial charge in [-0.3, -0.25) is 0 Å². The second kappa shape index (κ2) is 3.28. The molecule has 0 saturated carbocycles. The van der Waals surface area contributed by atoms with Crippen LogP contribution in [0.25, 0.3) is 17.1 Å². The van der Waals surface area contributed by atoms with E-state index in [0.29, 0.717) is 16.7 Å². The summed E-state index contributed by atoms with van der Waals surface area (Å²) in [5, 5.41) is 9.65. The number of aromatic hydroxyl groups is 1. The number of pyridine rings is 1. The molecule has 0 aliphatic rings. The number of hydrogen-bond acceptors (Lipinski definition) is 3. The Kier molecular flexibility index (Phi) is 1.91. The van der Waals surface area contributed by atoms with Gasteiger partial charge in [0.25, 0.3) is 0 Å². The minimum atomic E-state index is 0.189. The topological polar surface area (TPSA) is 50.7 Å². The summed E-state index contributed by atoms with van der Waals surface area (Å²) in [4.78, 5) is 4.34. The normalized spacial score (nSPS) is 11.1. The molecule has 4 nitrogen and oxygen atoms in total. The minimum Gasteiger partial charge on any atom is -0.506 e. The average molecular weight is 235 g/mol. The van der Waals surface area contributed by atoms with Crippen LogP contribution in [0, 0.1) is 0 Å². The van der Waals surface area contributed by atoms with Crippen molar-refractivity contribution in [2.24, 2.45) is 0 Å². The lowest BCUT2D eigenvalue weighted by Gasteiger charge is -1.92. The summed E-state index contributed by atoms with van der Waals surface area (Å²) in [6, 6.07) is 6.73. The highest BCUT2D eigenvalue weighted by molar-refractivity contribution is 6.28. The number of nitrogens with zero attached hydrogens (tertiary/aromatic N) is 2. The zero-order valence-electron chi connectivity index (χ0n) is 8.09. The lowest BCUT2D eigenvalue weighted by atomic mass is 10.4. The van der Waals surface area contributed by atoms with Crippen LogP contribution < -0.4 is 0 Å². The van der Waals surface area contributed by atoms with E-state index in [-0.39, 0.29) is 5.75 Å². The van der Waals surface area contributed by atoms with Crippen molar-refractivity contribution in [2.75, 3.05) is 0 Å². The molecule has 16 heavy (non-hydrogen) atoms. The lowest BCUT2D eigenvalue weighted by Crippen LogP contribution is -1.79. The summed E-state index contributed by atoms with van der Waals surface area (Å²) in [7, 11) is 0. The van der Waals surface area contributed by atoms with E-state index in [9.17, 15) is 5.11 Å². The van der Waals surface area contributed by atoms with Gasteiger partial charge < -0.3 is 13.9 Å². The first-order valence-corrected chi connectivity index (χ1v) is 5.03. The molecule has 0 aromatic carbocycles. The van der Waals surface area contributed by atoms with Gasteiger partial charge in [0.05, 0.1) is 6.20 Å². The molecular weight excluding hydrogens is 228 g/mol. The van der Waals surface area contributed by atoms with Crippen molar-refractivity contribution in [3.63, 3.8) is 0 Å². The summed E-state index contributed by atoms with van der Waals surface area (Å²) in [5.41, 5.74) is 1.41. The molecule has 3 aromatic heterocycles. The molecule has 3 aromatic rings. The van der Waals surface area contributed by atoms with Crippen LogP contribution >= 0.6 is 11.6 Å². The number of fused-ring (bicyclic) bond motifs is 1. The van der Waals surface area contributed by atoms with Crippen molar-refractivity contribution in [1.29, 1.82) is 0 Å². The molecule has 3 rings (SSSR count). The van der Waals surface area contributed by atoms with Gasteiger partial charge in [-0.1, -0.05) is 0 Å². The van der Waals surface area contributed by atoms with Crippen LogP contribution in [0.15, 0.2) is 41.1 Å². The number of imidazole rings is 1. The third kappa shape index (κ3) is 1.44. The molecule has 0 aliphatic carbocycles. The summed E-state index contributed by atoms with van der Waals surface area (Å²) < 4.78 is 6.98. The Morgan fingerprint density at radius 2 is 2.06 bits per heavy atom. The van der Waals surface area contributed by atoms with Crippen molar-refractivity contribution < 1.29 is 9.52 Å². The van der Waals surface area contributed by atoms with Crippen LogP contribution in [0.1, 0.15) is 0 Å². The highest BCUT2D eigenvalue weighted by Gasteiger charge is 2.08. The van der Waals surface area contributed by atoms with Crippen molar-refractivity contribution in [2.45, 2.75) is 0 Å². The quantitative estimate of drug-likeness (QED) is 0.704. The zero-order valence-corrected chi connectivity index (χ0v) is 8.85. The fraction of sp³-hybridized carbons (Fsp3) is 0. The van der Waals surface area contributed by atoms with Crippen molar-refractivity contribution in [3.05, 3.63) is 41.9 Å². The number of furan rings is 1. The Hall–Kier alpha value is -1.94. The van der Waals surface area contributed by atoms with Gasteiger partial charge in [0, 0.05) is 6.20 Å². The lowest BCUT2D eigenvalue weighted by molar-refractivity contribution is 0.472. The Balaban J connectivity index is 2.18. The van der Waals surface area contributed by atoms with Gasteiger partial charge >= 0.3 is 0 Å². The second-order valence-corrected chi connectivity index (χ2v) is 3.76. The Morgan fingerprint density at radius 1 is 1.19 bits per heavy atom. The molecule has 0 aliphatic heterocycles. The molecule has 1 N–H and O–H groups in total. The van der Waals surface area contributed by atoms with E-state index in [1.54, 1.807) is 41.1 Å². The summed E-state index contributed by atoms with van der Waals surface area (Å²) in [6.45, 7) is 0. The Bertz CT molecular complexity index is 657. The van der Waals surface area contributed by atoms with Crippen molar-refractivity contribution in [3.8, 4) is 17.2 Å². The number of aromatic nitrogens is 2. The molecule has 0 bridgehead atoms. The van der Waals surface area contributed by atoms with Crippen LogP contribution in [0.5, 0.6) is 5.75 Å². The molecule has 5 heteroatoms. The molecule has 0 atom stereocenters. The van der Waals surface area contributed by atoms with Crippen molar-refractivity contribution >= 4 is 17.2 Å². The van der Waals surface area contributed by atoms with Crippen LogP contribution in [0.2, 0.25) is 5.22 Å². The van der Waals surface area contributed by atoms with Gasteiger partial charge in [-0.25, -0.2) is 4.98 Å². The maximum atomic E-state index is 9.32. The molecule has 80 valence electrons. The number of rotatable bonds is 1. The SMILES string of the molecule is Oc1ccc2nc(-c3ccc(Cl)o3)cn2c1. The molecule has 0 unspecified atom stereocenters. The van der Waals surface area contributed by atoms with Gasteiger partial charge in [-0.15, -0.1) is 0 Å². The van der Waals surface area contributed by atoms with Gasteiger partial charge in [0.1, 0.15) is 17.1 Å². The first-order valence-electron chi connectivity index (χ1n) is 4.66. The largest absolute Gasteiger partial charge is 0.506 e. The molecular formula is C11H7ClN2O2. The molecule has 0 radical (unpaired) electrons. The average Bonchev–Trinajstić information content (AvgIpc) is 2.83. The van der Waals surface area contributed by atoms with Crippen LogP contribution in [0.4, 0.5) is 0 Å². The Morgan fingerprint density at radius 3 is 2.81 bits per heavy atom. The van der Waals surface area contributed by atoms with E-state index in [1.165, 1.54) is 0 Å². The molecule has 0 amide bonds. The predicted octanol–water partition coefficient (Wildman–Crippen LogP) is 2.95. The highest BCUT2D eigenvalue weighted by atomic mass is 35.5. The second-order valence-electron chi connectivity index (χ2n) is 3.38. The molecule has 0 saturated heterocycles. The fourth-order valence-electron chi connectivity index (χ4n) is 1.55. The van der Waals surface area contributed by atoms with E-state index < -0.39 is 0 Å². The van der Waals surface area contributed by atoms with Gasteiger partial charge in [-0.2, -0.15) is 0 Å². The maximum Gasteiger partial charge on any atom is 0.194 e. The third-order valence-electron chi connectivity index (χ3n) is 2.26. The summed E-state index contributed by atoms with van der Waals surface area (Å²) in [6.07, 6.45) is 3.35. The minimum absolute atomic E-state index is 0.189. The Labute approximate surface area is 95.7 Å². The van der Waals surface area contributed by atoms with E-state index in [1.807, 2.05) is 0 Å². The van der Waals surface area contributed by atoms with Crippen molar-refractivity contribution in [1.82, 2.24) is 9.38 Å². The van der Waals surface area contributed by atoms with E-state index in [2.05, 4.69) is 4.98 Å². The fourth-order valence-corrected chi connectivity index (χ4v) is 1.70. The molecule has 0 spiro atoms. The van der Waals surface area contributed by atoms with Gasteiger partial charge in [0.15, 0.2) is 11.0 Å². The van der Waals surface area contributed by atoms with E-state index in [4.69, 9.17) is 16.0 Å². The first-order chi connectivity index (χ1) is 7.72. The van der Waals surface area contributed by atoms with E-state index >= 15 is 0 Å². The number of hydrogen-bond donors (Lipinski definition) is 1.